The third-order valence-corrected chi connectivity index (χ3v) is 9.31. The van der Waals surface area contributed by atoms with E-state index in [1.54, 1.807) is 6.07 Å². The number of nitriles is 1. The summed E-state index contributed by atoms with van der Waals surface area (Å²) < 4.78 is 39.1. The monoisotopic (exact) mass is 538 g/mol. The van der Waals surface area contributed by atoms with E-state index >= 15 is 0 Å². The van der Waals surface area contributed by atoms with Crippen molar-refractivity contribution in [2.24, 2.45) is 11.8 Å². The van der Waals surface area contributed by atoms with Gasteiger partial charge in [0.05, 0.1) is 11.8 Å². The van der Waals surface area contributed by atoms with Gasteiger partial charge in [0.15, 0.2) is 0 Å². The van der Waals surface area contributed by atoms with Crippen LogP contribution in [0.3, 0.4) is 0 Å². The highest BCUT2D eigenvalue weighted by molar-refractivity contribution is 7.18. The Balaban J connectivity index is 1.25. The summed E-state index contributed by atoms with van der Waals surface area (Å²) in [7, 11) is 0. The van der Waals surface area contributed by atoms with Crippen LogP contribution in [0.4, 0.5) is 19.0 Å². The van der Waals surface area contributed by atoms with Crippen molar-refractivity contribution in [2.45, 2.75) is 57.8 Å². The van der Waals surface area contributed by atoms with E-state index in [0.717, 1.165) is 46.7 Å². The van der Waals surface area contributed by atoms with Gasteiger partial charge >= 0.3 is 6.18 Å². The molecule has 2 unspecified atom stereocenters. The summed E-state index contributed by atoms with van der Waals surface area (Å²) in [6, 6.07) is 10.1. The van der Waals surface area contributed by atoms with Gasteiger partial charge in [-0.05, 0) is 48.1 Å². The molecule has 0 bridgehead atoms. The number of fused-ring (bicyclic) bond motifs is 2. The first-order valence-electron chi connectivity index (χ1n) is 13.1. The molecule has 1 aromatic carbocycles. The van der Waals surface area contributed by atoms with Crippen molar-refractivity contribution in [1.29, 1.82) is 5.26 Å². The number of aromatic nitrogens is 3. The number of nitrogens with one attached hydrogen (secondary N) is 2. The number of thiophene rings is 1. The van der Waals surface area contributed by atoms with Crippen LogP contribution >= 0.6 is 11.3 Å². The van der Waals surface area contributed by atoms with E-state index in [1.807, 2.05) is 12.1 Å². The minimum atomic E-state index is -4.25. The molecule has 6 rings (SSSR count). The van der Waals surface area contributed by atoms with Crippen LogP contribution < -0.4 is 10.2 Å². The first kappa shape index (κ1) is 25.1. The molecule has 0 radical (unpaired) electrons. The molecule has 4 heterocycles. The Morgan fingerprint density at radius 2 is 1.97 bits per heavy atom. The molecule has 6 nitrogen and oxygen atoms in total. The predicted molar refractivity (Wildman–Crippen MR) is 143 cm³/mol. The summed E-state index contributed by atoms with van der Waals surface area (Å²) in [5, 5.41) is 14.9. The molecule has 0 amide bonds. The van der Waals surface area contributed by atoms with Gasteiger partial charge in [-0.1, -0.05) is 31.7 Å². The van der Waals surface area contributed by atoms with Gasteiger partial charge in [-0.15, -0.1) is 11.3 Å². The Hall–Kier alpha value is -3.16. The fourth-order valence-corrected chi connectivity index (χ4v) is 7.42. The van der Waals surface area contributed by atoms with Gasteiger partial charge in [0.1, 0.15) is 28.7 Å². The van der Waals surface area contributed by atoms with Crippen molar-refractivity contribution < 1.29 is 13.2 Å². The van der Waals surface area contributed by atoms with E-state index < -0.39 is 12.6 Å². The normalized spacial score (nSPS) is 20.7. The molecule has 4 aromatic rings. The standard InChI is InChI=1S/C28H29F3N6S/c1-16-18(6-7-24-21(16)8-19(11-32)36-24)12-33-25-14-37(13-23(25)17-4-2-3-5-17)26-22-9-20(10-28(29,30)31)38-27(22)35-15-34-26/h6-9,15,17,23,25,33,36H,2-5,10,12-14H2,1H3. The van der Waals surface area contributed by atoms with E-state index in [4.69, 9.17) is 0 Å². The molecular weight excluding hydrogens is 509 g/mol. The van der Waals surface area contributed by atoms with Crippen LogP contribution in [0, 0.1) is 30.1 Å². The summed E-state index contributed by atoms with van der Waals surface area (Å²) in [5.74, 6) is 1.81. The second-order valence-corrected chi connectivity index (χ2v) is 11.7. The zero-order valence-electron chi connectivity index (χ0n) is 21.1. The highest BCUT2D eigenvalue weighted by atomic mass is 32.1. The third-order valence-electron chi connectivity index (χ3n) is 8.26. The summed E-state index contributed by atoms with van der Waals surface area (Å²) in [4.78, 5) is 15.1. The number of hydrogen-bond donors (Lipinski definition) is 2. The van der Waals surface area contributed by atoms with E-state index in [0.29, 0.717) is 34.3 Å². The van der Waals surface area contributed by atoms with Crippen LogP contribution in [0.5, 0.6) is 0 Å². The molecule has 198 valence electrons. The van der Waals surface area contributed by atoms with Gasteiger partial charge in [-0.2, -0.15) is 18.4 Å². The number of rotatable bonds is 6. The molecule has 2 atom stereocenters. The first-order valence-corrected chi connectivity index (χ1v) is 13.9. The van der Waals surface area contributed by atoms with Crippen molar-refractivity contribution in [3.05, 3.63) is 52.3 Å². The Morgan fingerprint density at radius 1 is 1.16 bits per heavy atom. The van der Waals surface area contributed by atoms with Gasteiger partial charge in [0.25, 0.3) is 0 Å². The summed E-state index contributed by atoms with van der Waals surface area (Å²) in [5.41, 5.74) is 3.88. The summed E-state index contributed by atoms with van der Waals surface area (Å²) in [6.07, 6.45) is 1.22. The fourth-order valence-electron chi connectivity index (χ4n) is 6.40. The summed E-state index contributed by atoms with van der Waals surface area (Å²) in [6.45, 7) is 4.39. The molecular formula is C28H29F3N6S. The Morgan fingerprint density at radius 3 is 2.74 bits per heavy atom. The van der Waals surface area contributed by atoms with Crippen molar-refractivity contribution in [3.63, 3.8) is 0 Å². The average Bonchev–Trinajstić information content (AvgIpc) is 3.67. The van der Waals surface area contributed by atoms with Crippen LogP contribution in [0.2, 0.25) is 0 Å². The lowest BCUT2D eigenvalue weighted by Crippen LogP contribution is -2.38. The van der Waals surface area contributed by atoms with Crippen molar-refractivity contribution in [3.8, 4) is 6.07 Å². The Labute approximate surface area is 222 Å². The molecule has 1 aliphatic heterocycles. The molecule has 0 spiro atoms. The molecule has 2 aliphatic rings. The highest BCUT2D eigenvalue weighted by Gasteiger charge is 2.40. The van der Waals surface area contributed by atoms with Crippen LogP contribution in [-0.4, -0.2) is 40.3 Å². The molecule has 1 saturated carbocycles. The minimum absolute atomic E-state index is 0.243. The molecule has 38 heavy (non-hydrogen) atoms. The summed E-state index contributed by atoms with van der Waals surface area (Å²) >= 11 is 1.10. The SMILES string of the molecule is Cc1c(CNC2CN(c3ncnc4sc(CC(F)(F)F)cc34)CC2C2CCCC2)ccc2[nH]c(C#N)cc12. The minimum Gasteiger partial charge on any atom is -0.354 e. The lowest BCUT2D eigenvalue weighted by Gasteiger charge is -2.25. The van der Waals surface area contributed by atoms with Gasteiger partial charge < -0.3 is 15.2 Å². The van der Waals surface area contributed by atoms with Crippen LogP contribution in [0.15, 0.2) is 30.6 Å². The van der Waals surface area contributed by atoms with Gasteiger partial charge in [-0.3, -0.25) is 0 Å². The van der Waals surface area contributed by atoms with Crippen LogP contribution in [-0.2, 0) is 13.0 Å². The number of benzene rings is 1. The maximum Gasteiger partial charge on any atom is 0.393 e. The second-order valence-electron chi connectivity index (χ2n) is 10.6. The van der Waals surface area contributed by atoms with E-state index in [2.05, 4.69) is 44.2 Å². The number of aromatic amines is 1. The lowest BCUT2D eigenvalue weighted by atomic mass is 9.87. The van der Waals surface area contributed by atoms with E-state index in [9.17, 15) is 18.4 Å². The molecule has 1 aliphatic carbocycles. The van der Waals surface area contributed by atoms with Gasteiger partial charge in [-0.25, -0.2) is 9.97 Å². The largest absolute Gasteiger partial charge is 0.393 e. The first-order chi connectivity index (χ1) is 18.3. The van der Waals surface area contributed by atoms with Gasteiger partial charge in [0, 0.05) is 41.5 Å². The number of H-pyrrole nitrogens is 1. The van der Waals surface area contributed by atoms with Crippen molar-refractivity contribution in [1.82, 2.24) is 20.3 Å². The van der Waals surface area contributed by atoms with Crippen LogP contribution in [0.1, 0.15) is 47.4 Å². The maximum atomic E-state index is 13.0. The highest BCUT2D eigenvalue weighted by Crippen LogP contribution is 2.40. The zero-order valence-corrected chi connectivity index (χ0v) is 21.9. The average molecular weight is 539 g/mol. The number of nitrogens with zero attached hydrogens (tertiary/aromatic N) is 4. The quantitative estimate of drug-likeness (QED) is 0.304. The van der Waals surface area contributed by atoms with Crippen molar-refractivity contribution in [2.75, 3.05) is 18.0 Å². The molecule has 10 heteroatoms. The Bertz CT molecular complexity index is 1510. The maximum absolute atomic E-state index is 13.0. The molecule has 3 aromatic heterocycles. The molecule has 2 fully saturated rings. The second kappa shape index (κ2) is 9.86. The number of aryl methyl sites for hydroxylation is 1. The number of halogens is 3. The van der Waals surface area contributed by atoms with E-state index in [-0.39, 0.29) is 10.9 Å². The number of alkyl halides is 3. The van der Waals surface area contributed by atoms with Crippen molar-refractivity contribution >= 4 is 38.3 Å². The van der Waals surface area contributed by atoms with E-state index in [1.165, 1.54) is 37.6 Å². The lowest BCUT2D eigenvalue weighted by molar-refractivity contribution is -0.126. The fraction of sp³-hybridized carbons (Fsp3) is 0.464. The topological polar surface area (TPSA) is 80.6 Å². The molecule has 2 N–H and O–H groups in total. The smallest absolute Gasteiger partial charge is 0.354 e. The Kier molecular flexibility index (Phi) is 6.52. The van der Waals surface area contributed by atoms with Gasteiger partial charge in [0.2, 0.25) is 0 Å². The zero-order chi connectivity index (χ0) is 26.4. The third kappa shape index (κ3) is 4.85. The predicted octanol–water partition coefficient (Wildman–Crippen LogP) is 6.24. The molecule has 1 saturated heterocycles. The number of anilines is 1. The van der Waals surface area contributed by atoms with Crippen LogP contribution in [0.25, 0.3) is 21.1 Å². The number of hydrogen-bond acceptors (Lipinski definition) is 6.